The molecule has 0 fully saturated rings. The molecule has 0 spiro atoms. The average molecular weight is 428 g/mol. The molecule has 0 saturated heterocycles. The molecule has 0 aliphatic rings. The number of H-pyrrole nitrogens is 1. The number of carbonyl (C=O) groups excluding carboxylic acids is 1. The number of carbonyl (C=O) groups is 1. The van der Waals surface area contributed by atoms with E-state index in [1.54, 1.807) is 18.2 Å². The first-order chi connectivity index (χ1) is 13.8. The van der Waals surface area contributed by atoms with Crippen molar-refractivity contribution >= 4 is 46.1 Å². The SMILES string of the molecule is Cc1cc(C)c(Cc2ccc(C(=O)Nc3nc4cc(Cl)c(Cl)cc4[nH]3)o2)c(C)c1. The van der Waals surface area contributed by atoms with E-state index < -0.39 is 0 Å². The number of halogens is 2. The zero-order valence-electron chi connectivity index (χ0n) is 16.2. The van der Waals surface area contributed by atoms with Crippen LogP contribution in [0.15, 0.2) is 40.8 Å². The van der Waals surface area contributed by atoms with Crippen LogP contribution < -0.4 is 5.32 Å². The zero-order valence-corrected chi connectivity index (χ0v) is 17.7. The molecule has 4 rings (SSSR count). The molecule has 29 heavy (non-hydrogen) atoms. The van der Waals surface area contributed by atoms with E-state index in [1.165, 1.54) is 22.3 Å². The number of aryl methyl sites for hydroxylation is 3. The van der Waals surface area contributed by atoms with Gasteiger partial charge in [0.2, 0.25) is 5.95 Å². The van der Waals surface area contributed by atoms with Gasteiger partial charge in [-0.1, -0.05) is 40.9 Å². The van der Waals surface area contributed by atoms with Crippen LogP contribution in [-0.2, 0) is 6.42 Å². The number of rotatable bonds is 4. The lowest BCUT2D eigenvalue weighted by atomic mass is 9.97. The number of amides is 1. The molecule has 0 saturated carbocycles. The third-order valence-corrected chi connectivity index (χ3v) is 5.55. The van der Waals surface area contributed by atoms with Gasteiger partial charge in [-0.05, 0) is 61.7 Å². The van der Waals surface area contributed by atoms with E-state index in [0.29, 0.717) is 33.4 Å². The number of aromatic amines is 1. The summed E-state index contributed by atoms with van der Waals surface area (Å²) in [7, 11) is 0. The molecular weight excluding hydrogens is 409 g/mol. The summed E-state index contributed by atoms with van der Waals surface area (Å²) >= 11 is 12.0. The maximum Gasteiger partial charge on any atom is 0.293 e. The Morgan fingerprint density at radius 3 is 2.48 bits per heavy atom. The Bertz CT molecular complexity index is 1180. The molecule has 0 aliphatic heterocycles. The molecule has 0 unspecified atom stereocenters. The monoisotopic (exact) mass is 427 g/mol. The average Bonchev–Trinajstić information content (AvgIpc) is 3.25. The molecular formula is C22H19Cl2N3O2. The molecule has 0 bridgehead atoms. The Morgan fingerprint density at radius 2 is 1.76 bits per heavy atom. The summed E-state index contributed by atoms with van der Waals surface area (Å²) in [4.78, 5) is 19.9. The van der Waals surface area contributed by atoms with E-state index in [9.17, 15) is 4.79 Å². The second kappa shape index (κ2) is 7.58. The lowest BCUT2D eigenvalue weighted by Gasteiger charge is -2.09. The van der Waals surface area contributed by atoms with Crippen LogP contribution in [0.5, 0.6) is 0 Å². The van der Waals surface area contributed by atoms with Crippen molar-refractivity contribution in [3.05, 3.63) is 80.2 Å². The highest BCUT2D eigenvalue weighted by Gasteiger charge is 2.15. The van der Waals surface area contributed by atoms with Crippen LogP contribution in [0.4, 0.5) is 5.95 Å². The van der Waals surface area contributed by atoms with Gasteiger partial charge >= 0.3 is 0 Å². The fourth-order valence-electron chi connectivity index (χ4n) is 3.49. The zero-order chi connectivity index (χ0) is 20.7. The van der Waals surface area contributed by atoms with Crippen LogP contribution in [-0.4, -0.2) is 15.9 Å². The summed E-state index contributed by atoms with van der Waals surface area (Å²) in [5, 5.41) is 3.53. The number of nitrogens with one attached hydrogen (secondary N) is 2. The standard InChI is InChI=1S/C22H19Cl2N3O2/c1-11-6-12(2)15(13(3)7-11)8-14-4-5-20(29-14)21(28)27-22-25-18-9-16(23)17(24)10-19(18)26-22/h4-7,9-10H,8H2,1-3H3,(H2,25,26,27,28). The Kier molecular flexibility index (Phi) is 5.11. The smallest absolute Gasteiger partial charge is 0.293 e. The highest BCUT2D eigenvalue weighted by atomic mass is 35.5. The number of hydrogen-bond acceptors (Lipinski definition) is 3. The quantitative estimate of drug-likeness (QED) is 0.405. The highest BCUT2D eigenvalue weighted by Crippen LogP contribution is 2.27. The van der Waals surface area contributed by atoms with Crippen molar-refractivity contribution in [2.45, 2.75) is 27.2 Å². The predicted octanol–water partition coefficient (Wildman–Crippen LogP) is 6.23. The van der Waals surface area contributed by atoms with Crippen molar-refractivity contribution in [2.75, 3.05) is 5.32 Å². The van der Waals surface area contributed by atoms with Gasteiger partial charge in [0.15, 0.2) is 5.76 Å². The molecule has 7 heteroatoms. The van der Waals surface area contributed by atoms with Crippen molar-refractivity contribution in [1.82, 2.24) is 9.97 Å². The van der Waals surface area contributed by atoms with E-state index in [2.05, 4.69) is 48.2 Å². The lowest BCUT2D eigenvalue weighted by Crippen LogP contribution is -2.11. The van der Waals surface area contributed by atoms with Crippen molar-refractivity contribution in [3.8, 4) is 0 Å². The van der Waals surface area contributed by atoms with E-state index in [-0.39, 0.29) is 11.7 Å². The third-order valence-electron chi connectivity index (χ3n) is 4.83. The van der Waals surface area contributed by atoms with Gasteiger partial charge in [0.1, 0.15) is 5.76 Å². The second-order valence-electron chi connectivity index (χ2n) is 7.14. The topological polar surface area (TPSA) is 70.9 Å². The second-order valence-corrected chi connectivity index (χ2v) is 7.96. The van der Waals surface area contributed by atoms with E-state index >= 15 is 0 Å². The molecule has 4 aromatic rings. The summed E-state index contributed by atoms with van der Waals surface area (Å²) in [5.41, 5.74) is 6.16. The molecule has 0 radical (unpaired) electrons. The number of hydrogen-bond donors (Lipinski definition) is 2. The van der Waals surface area contributed by atoms with Crippen molar-refractivity contribution in [2.24, 2.45) is 0 Å². The maximum absolute atomic E-state index is 12.6. The van der Waals surface area contributed by atoms with Crippen LogP contribution in [0.25, 0.3) is 11.0 Å². The molecule has 2 N–H and O–H groups in total. The van der Waals surface area contributed by atoms with Crippen LogP contribution in [0, 0.1) is 20.8 Å². The third kappa shape index (κ3) is 4.02. The molecule has 5 nitrogen and oxygen atoms in total. The first kappa shape index (κ1) is 19.6. The largest absolute Gasteiger partial charge is 0.456 e. The van der Waals surface area contributed by atoms with E-state index in [4.69, 9.17) is 27.6 Å². The Morgan fingerprint density at radius 1 is 1.07 bits per heavy atom. The Balaban J connectivity index is 1.52. The number of furan rings is 1. The van der Waals surface area contributed by atoms with Gasteiger partial charge in [-0.2, -0.15) is 0 Å². The number of fused-ring (bicyclic) bond motifs is 1. The van der Waals surface area contributed by atoms with E-state index in [1.807, 2.05) is 6.07 Å². The molecule has 2 aromatic carbocycles. The number of nitrogens with zero attached hydrogens (tertiary/aromatic N) is 1. The minimum Gasteiger partial charge on any atom is -0.456 e. The Labute approximate surface area is 178 Å². The number of benzene rings is 2. The normalized spacial score (nSPS) is 11.2. The summed E-state index contributed by atoms with van der Waals surface area (Å²) in [5.74, 6) is 0.865. The van der Waals surface area contributed by atoms with E-state index in [0.717, 1.165) is 5.76 Å². The van der Waals surface area contributed by atoms with Crippen LogP contribution >= 0.6 is 23.2 Å². The van der Waals surface area contributed by atoms with Gasteiger partial charge in [0, 0.05) is 6.42 Å². The van der Waals surface area contributed by atoms with Crippen molar-refractivity contribution in [3.63, 3.8) is 0 Å². The van der Waals surface area contributed by atoms with Crippen LogP contribution in [0.2, 0.25) is 10.0 Å². The van der Waals surface area contributed by atoms with Gasteiger partial charge in [0.05, 0.1) is 21.1 Å². The summed E-state index contributed by atoms with van der Waals surface area (Å²) in [6.45, 7) is 6.26. The molecule has 1 amide bonds. The number of aromatic nitrogens is 2. The lowest BCUT2D eigenvalue weighted by molar-refractivity contribution is 0.0994. The highest BCUT2D eigenvalue weighted by molar-refractivity contribution is 6.42. The molecule has 2 heterocycles. The van der Waals surface area contributed by atoms with Crippen molar-refractivity contribution < 1.29 is 9.21 Å². The molecule has 148 valence electrons. The summed E-state index contributed by atoms with van der Waals surface area (Å²) in [6.07, 6.45) is 0.632. The summed E-state index contributed by atoms with van der Waals surface area (Å²) in [6, 6.07) is 11.1. The molecule has 2 aromatic heterocycles. The first-order valence-electron chi connectivity index (χ1n) is 9.11. The van der Waals surface area contributed by atoms with Crippen LogP contribution in [0.1, 0.15) is 38.6 Å². The fraction of sp³-hybridized carbons (Fsp3) is 0.182. The number of imidazole rings is 1. The number of anilines is 1. The summed E-state index contributed by atoms with van der Waals surface area (Å²) < 4.78 is 5.78. The minimum absolute atomic E-state index is 0.221. The van der Waals surface area contributed by atoms with Crippen molar-refractivity contribution in [1.29, 1.82) is 0 Å². The van der Waals surface area contributed by atoms with Gasteiger partial charge in [-0.25, -0.2) is 4.98 Å². The molecule has 0 aliphatic carbocycles. The Hall–Kier alpha value is -2.76. The maximum atomic E-state index is 12.6. The van der Waals surface area contributed by atoms with Gasteiger partial charge in [-0.15, -0.1) is 0 Å². The predicted molar refractivity (Wildman–Crippen MR) is 116 cm³/mol. The van der Waals surface area contributed by atoms with Gasteiger partial charge in [0.25, 0.3) is 5.91 Å². The van der Waals surface area contributed by atoms with Crippen LogP contribution in [0.3, 0.4) is 0 Å². The molecule has 0 atom stereocenters. The van der Waals surface area contributed by atoms with Gasteiger partial charge in [-0.3, -0.25) is 10.1 Å². The fourth-order valence-corrected chi connectivity index (χ4v) is 3.81. The first-order valence-corrected chi connectivity index (χ1v) is 9.87. The minimum atomic E-state index is -0.384. The van der Waals surface area contributed by atoms with Gasteiger partial charge < -0.3 is 9.40 Å².